The fourth-order valence-electron chi connectivity index (χ4n) is 0.740. The first-order chi connectivity index (χ1) is 6.00. The fraction of sp³-hybridized carbons (Fsp3) is 0. The zero-order valence-corrected chi connectivity index (χ0v) is 9.15. The molecular formula is C6H3BrCl2N2O2. The lowest BCUT2D eigenvalue weighted by Gasteiger charge is -2.03. The molecule has 0 aliphatic heterocycles. The number of anilines is 1. The summed E-state index contributed by atoms with van der Waals surface area (Å²) >= 11 is 14.4. The molecule has 0 aliphatic rings. The number of hydrogen-bond donors (Lipinski definition) is 1. The van der Waals surface area contributed by atoms with Crippen molar-refractivity contribution < 1.29 is 5.03 Å². The molecular weight excluding hydrogens is 283 g/mol. The molecule has 0 fully saturated rings. The third kappa shape index (κ3) is 2.72. The van der Waals surface area contributed by atoms with Crippen molar-refractivity contribution in [3.8, 4) is 0 Å². The van der Waals surface area contributed by atoms with Gasteiger partial charge in [0.1, 0.15) is 5.69 Å². The predicted molar refractivity (Wildman–Crippen MR) is 54.8 cm³/mol. The van der Waals surface area contributed by atoms with Gasteiger partial charge in [0, 0.05) is 9.50 Å². The first-order valence-electron chi connectivity index (χ1n) is 3.06. The van der Waals surface area contributed by atoms with Crippen LogP contribution < -0.4 is 5.43 Å². The summed E-state index contributed by atoms with van der Waals surface area (Å²) in [6, 6.07) is 2.93. The van der Waals surface area contributed by atoms with E-state index < -0.39 is 5.03 Å². The zero-order valence-electron chi connectivity index (χ0n) is 6.05. The van der Waals surface area contributed by atoms with Crippen molar-refractivity contribution in [2.75, 3.05) is 5.43 Å². The van der Waals surface area contributed by atoms with Gasteiger partial charge in [-0.3, -0.25) is 0 Å². The second-order valence-corrected chi connectivity index (χ2v) is 3.81. The van der Waals surface area contributed by atoms with E-state index in [1.165, 1.54) is 12.1 Å². The molecule has 70 valence electrons. The number of hydrogen-bond acceptors (Lipinski definition) is 2. The molecule has 0 aliphatic carbocycles. The molecule has 13 heavy (non-hydrogen) atoms. The summed E-state index contributed by atoms with van der Waals surface area (Å²) in [5.74, 6) is 0. The summed E-state index contributed by atoms with van der Waals surface area (Å²) in [5, 5.41) is 10.0. The van der Waals surface area contributed by atoms with Crippen molar-refractivity contribution >= 4 is 44.8 Å². The van der Waals surface area contributed by atoms with Crippen LogP contribution in [0.25, 0.3) is 0 Å². The summed E-state index contributed by atoms with van der Waals surface area (Å²) < 4.78 is 0.446. The van der Waals surface area contributed by atoms with E-state index in [1.54, 1.807) is 0 Å². The maximum absolute atomic E-state index is 10.1. The van der Waals surface area contributed by atoms with Gasteiger partial charge in [-0.25, -0.2) is 10.1 Å². The van der Waals surface area contributed by atoms with Crippen molar-refractivity contribution in [3.63, 3.8) is 0 Å². The lowest BCUT2D eigenvalue weighted by atomic mass is 10.3. The lowest BCUT2D eigenvalue weighted by Crippen LogP contribution is -2.08. The number of nitrogens with one attached hydrogen (secondary N) is 1. The van der Waals surface area contributed by atoms with E-state index in [4.69, 9.17) is 23.2 Å². The lowest BCUT2D eigenvalue weighted by molar-refractivity contribution is -0.445. The number of nitrogens with zero attached hydrogens (tertiary/aromatic N) is 1. The summed E-state index contributed by atoms with van der Waals surface area (Å²) in [7, 11) is 0. The largest absolute Gasteiger partial charge is 0.235 e. The number of nitro groups is 1. The van der Waals surface area contributed by atoms with Gasteiger partial charge >= 0.3 is 0 Å². The highest BCUT2D eigenvalue weighted by molar-refractivity contribution is 9.10. The van der Waals surface area contributed by atoms with E-state index in [0.29, 0.717) is 9.50 Å². The van der Waals surface area contributed by atoms with Crippen LogP contribution in [0, 0.1) is 10.1 Å². The van der Waals surface area contributed by atoms with Crippen LogP contribution in [0.2, 0.25) is 10.0 Å². The van der Waals surface area contributed by atoms with Gasteiger partial charge in [0.15, 0.2) is 5.03 Å². The van der Waals surface area contributed by atoms with E-state index in [0.717, 1.165) is 0 Å². The first kappa shape index (κ1) is 10.6. The molecule has 0 atom stereocenters. The molecule has 4 nitrogen and oxygen atoms in total. The van der Waals surface area contributed by atoms with Gasteiger partial charge < -0.3 is 0 Å². The minimum atomic E-state index is -0.695. The summed E-state index contributed by atoms with van der Waals surface area (Å²) in [6.45, 7) is 0. The minimum Gasteiger partial charge on any atom is -0.235 e. The molecule has 1 N–H and O–H groups in total. The topological polar surface area (TPSA) is 55.2 Å². The number of rotatable bonds is 2. The molecule has 0 unspecified atom stereocenters. The molecule has 0 bridgehead atoms. The van der Waals surface area contributed by atoms with Gasteiger partial charge in [0.05, 0.1) is 5.02 Å². The molecule has 0 heterocycles. The van der Waals surface area contributed by atoms with Crippen LogP contribution in [0.3, 0.4) is 0 Å². The Balaban J connectivity index is 3.13. The van der Waals surface area contributed by atoms with Crippen LogP contribution in [0.4, 0.5) is 5.69 Å². The smallest absolute Gasteiger partial charge is 0.162 e. The molecule has 0 amide bonds. The molecule has 1 aromatic rings. The molecule has 1 rings (SSSR count). The Morgan fingerprint density at radius 1 is 1.46 bits per heavy atom. The van der Waals surface area contributed by atoms with Gasteiger partial charge in [0.2, 0.25) is 0 Å². The second-order valence-electron chi connectivity index (χ2n) is 2.11. The van der Waals surface area contributed by atoms with Crippen molar-refractivity contribution in [2.24, 2.45) is 0 Å². The van der Waals surface area contributed by atoms with E-state index >= 15 is 0 Å². The van der Waals surface area contributed by atoms with Gasteiger partial charge in [-0.1, -0.05) is 23.2 Å². The van der Waals surface area contributed by atoms with E-state index in [9.17, 15) is 10.1 Å². The highest BCUT2D eigenvalue weighted by atomic mass is 79.9. The number of benzene rings is 1. The Bertz CT molecular complexity index is 335. The third-order valence-electron chi connectivity index (χ3n) is 1.21. The second kappa shape index (κ2) is 4.13. The van der Waals surface area contributed by atoms with Crippen LogP contribution in [-0.2, 0) is 0 Å². The van der Waals surface area contributed by atoms with Crippen molar-refractivity contribution in [2.45, 2.75) is 0 Å². The zero-order chi connectivity index (χ0) is 10.0. The molecule has 0 saturated carbocycles. The highest BCUT2D eigenvalue weighted by Gasteiger charge is 2.10. The van der Waals surface area contributed by atoms with Crippen LogP contribution in [0.5, 0.6) is 0 Å². The first-order valence-corrected chi connectivity index (χ1v) is 4.61. The number of hydrazine groups is 1. The van der Waals surface area contributed by atoms with Crippen molar-refractivity contribution in [3.05, 3.63) is 36.8 Å². The molecule has 0 aromatic heterocycles. The molecule has 0 spiro atoms. The highest BCUT2D eigenvalue weighted by Crippen LogP contribution is 2.33. The average Bonchev–Trinajstić information content (AvgIpc) is 1.96. The maximum Gasteiger partial charge on any atom is 0.162 e. The standard InChI is InChI=1S/C6H3BrCl2N2O2/c7-4-1-3(8)2-5(9)6(4)10-11(12)13/h1-2,10H. The van der Waals surface area contributed by atoms with Crippen molar-refractivity contribution in [1.29, 1.82) is 0 Å². The van der Waals surface area contributed by atoms with Gasteiger partial charge in [-0.15, -0.1) is 5.43 Å². The van der Waals surface area contributed by atoms with Crippen LogP contribution in [-0.4, -0.2) is 5.03 Å². The van der Waals surface area contributed by atoms with Crippen LogP contribution >= 0.6 is 39.1 Å². The quantitative estimate of drug-likeness (QED) is 0.670. The summed E-state index contributed by atoms with van der Waals surface area (Å²) in [5.41, 5.74) is 2.14. The van der Waals surface area contributed by atoms with Crippen LogP contribution in [0.15, 0.2) is 16.6 Å². The molecule has 0 radical (unpaired) electrons. The van der Waals surface area contributed by atoms with Gasteiger partial charge in [-0.2, -0.15) is 0 Å². The van der Waals surface area contributed by atoms with E-state index in [-0.39, 0.29) is 10.7 Å². The Labute approximate surface area is 92.1 Å². The molecule has 1 aromatic carbocycles. The minimum absolute atomic E-state index is 0.191. The van der Waals surface area contributed by atoms with Gasteiger partial charge in [-0.05, 0) is 28.1 Å². The monoisotopic (exact) mass is 284 g/mol. The Kier molecular flexibility index (Phi) is 3.35. The normalized spacial score (nSPS) is 9.77. The average molecular weight is 286 g/mol. The van der Waals surface area contributed by atoms with E-state index in [2.05, 4.69) is 15.9 Å². The predicted octanol–water partition coefficient (Wildman–Crippen LogP) is 3.36. The Morgan fingerprint density at radius 3 is 2.54 bits per heavy atom. The van der Waals surface area contributed by atoms with Crippen molar-refractivity contribution in [1.82, 2.24) is 0 Å². The Hall–Kier alpha value is -0.520. The van der Waals surface area contributed by atoms with Crippen LogP contribution in [0.1, 0.15) is 0 Å². The fourth-order valence-corrected chi connectivity index (χ4v) is 2.07. The Morgan fingerprint density at radius 2 is 2.08 bits per heavy atom. The number of halogens is 3. The summed E-state index contributed by atoms with van der Waals surface area (Å²) in [6.07, 6.45) is 0. The maximum atomic E-state index is 10.1. The third-order valence-corrected chi connectivity index (χ3v) is 2.35. The summed E-state index contributed by atoms with van der Waals surface area (Å²) in [4.78, 5) is 10.1. The van der Waals surface area contributed by atoms with Gasteiger partial charge in [0.25, 0.3) is 0 Å². The molecule has 7 heteroatoms. The molecule has 0 saturated heterocycles. The SMILES string of the molecule is O=[N+]([O-])Nc1c(Cl)cc(Cl)cc1Br. The van der Waals surface area contributed by atoms with E-state index in [1.807, 2.05) is 5.43 Å².